The lowest BCUT2D eigenvalue weighted by molar-refractivity contribution is -0.139. The van der Waals surface area contributed by atoms with Gasteiger partial charge in [0, 0.05) is 31.9 Å². The van der Waals surface area contributed by atoms with E-state index in [4.69, 9.17) is 4.74 Å². The molecule has 1 atom stereocenters. The molecule has 3 rings (SSSR count). The molecule has 6 heteroatoms. The van der Waals surface area contributed by atoms with Crippen LogP contribution in [-0.4, -0.2) is 49.6 Å². The van der Waals surface area contributed by atoms with Gasteiger partial charge in [0.05, 0.1) is 18.8 Å². The van der Waals surface area contributed by atoms with Crippen LogP contribution in [0.1, 0.15) is 23.1 Å². The highest BCUT2D eigenvalue weighted by atomic mass is 32.1. The first-order chi connectivity index (χ1) is 11.6. The second-order valence-electron chi connectivity index (χ2n) is 6.09. The number of thiophene rings is 1. The van der Waals surface area contributed by atoms with Crippen LogP contribution in [0.2, 0.25) is 0 Å². The third-order valence-corrected chi connectivity index (χ3v) is 5.06. The van der Waals surface area contributed by atoms with Crippen molar-refractivity contribution in [3.05, 3.63) is 46.3 Å². The van der Waals surface area contributed by atoms with E-state index in [1.807, 2.05) is 53.5 Å². The molecular formula is C18H23N3O2S. The van der Waals surface area contributed by atoms with Crippen molar-refractivity contribution < 1.29 is 9.53 Å². The molecule has 0 N–H and O–H groups in total. The molecule has 1 aliphatic heterocycles. The van der Waals surface area contributed by atoms with Crippen molar-refractivity contribution in [2.45, 2.75) is 18.9 Å². The predicted molar refractivity (Wildman–Crippen MR) is 96.5 cm³/mol. The molecule has 2 aromatic heterocycles. The average molecular weight is 345 g/mol. The minimum Gasteiger partial charge on any atom is -0.368 e. The molecule has 2 aromatic rings. The highest BCUT2D eigenvalue weighted by Gasteiger charge is 2.26. The summed E-state index contributed by atoms with van der Waals surface area (Å²) >= 11 is 1.70. The van der Waals surface area contributed by atoms with E-state index in [9.17, 15) is 4.79 Å². The van der Waals surface area contributed by atoms with E-state index in [1.54, 1.807) is 11.3 Å². The smallest absolute Gasteiger partial charge is 0.223 e. The van der Waals surface area contributed by atoms with Crippen LogP contribution in [0.3, 0.4) is 0 Å². The maximum atomic E-state index is 12.5. The number of aryl methyl sites for hydroxylation is 1. The molecular weight excluding hydrogens is 322 g/mol. The van der Waals surface area contributed by atoms with E-state index in [0.29, 0.717) is 26.1 Å². The summed E-state index contributed by atoms with van der Waals surface area (Å²) in [6, 6.07) is 10.0. The van der Waals surface area contributed by atoms with Gasteiger partial charge in [-0.15, -0.1) is 11.3 Å². The Bertz CT molecular complexity index is 673. The zero-order valence-corrected chi connectivity index (χ0v) is 15.0. The van der Waals surface area contributed by atoms with Crippen LogP contribution in [0.4, 0.5) is 5.82 Å². The second kappa shape index (κ2) is 7.77. The van der Waals surface area contributed by atoms with Crippen LogP contribution in [-0.2, 0) is 16.0 Å². The third-order valence-electron chi connectivity index (χ3n) is 4.13. The molecule has 0 aliphatic carbocycles. The molecule has 3 heterocycles. The van der Waals surface area contributed by atoms with Crippen LogP contribution < -0.4 is 4.90 Å². The van der Waals surface area contributed by atoms with E-state index >= 15 is 0 Å². The minimum absolute atomic E-state index is 0.149. The summed E-state index contributed by atoms with van der Waals surface area (Å²) < 4.78 is 5.86. The number of hydrogen-bond donors (Lipinski definition) is 0. The van der Waals surface area contributed by atoms with Crippen molar-refractivity contribution >= 4 is 23.1 Å². The van der Waals surface area contributed by atoms with Crippen LogP contribution in [0.5, 0.6) is 0 Å². The normalized spacial score (nSPS) is 17.8. The molecule has 0 spiro atoms. The van der Waals surface area contributed by atoms with Crippen molar-refractivity contribution in [1.82, 2.24) is 9.88 Å². The first-order valence-corrected chi connectivity index (χ1v) is 9.07. The summed E-state index contributed by atoms with van der Waals surface area (Å²) in [6.45, 7) is 1.80. The van der Waals surface area contributed by atoms with E-state index < -0.39 is 0 Å². The van der Waals surface area contributed by atoms with Gasteiger partial charge in [0.2, 0.25) is 5.91 Å². The number of pyridine rings is 1. The number of aromatic nitrogens is 1. The van der Waals surface area contributed by atoms with Crippen LogP contribution >= 0.6 is 11.3 Å². The van der Waals surface area contributed by atoms with Crippen molar-refractivity contribution in [2.24, 2.45) is 0 Å². The Kier molecular flexibility index (Phi) is 5.48. The maximum Gasteiger partial charge on any atom is 0.223 e. The largest absolute Gasteiger partial charge is 0.368 e. The number of nitrogens with zero attached hydrogens (tertiary/aromatic N) is 3. The molecule has 5 nitrogen and oxygen atoms in total. The molecule has 0 saturated carbocycles. The zero-order chi connectivity index (χ0) is 16.9. The molecule has 1 aliphatic rings. The number of morpholine rings is 1. The van der Waals surface area contributed by atoms with Gasteiger partial charge in [-0.1, -0.05) is 12.1 Å². The van der Waals surface area contributed by atoms with Gasteiger partial charge in [0.15, 0.2) is 0 Å². The molecule has 1 amide bonds. The predicted octanol–water partition coefficient (Wildman–Crippen LogP) is 2.74. The number of anilines is 1. The number of amides is 1. The van der Waals surface area contributed by atoms with Crippen molar-refractivity contribution in [2.75, 3.05) is 38.7 Å². The quantitative estimate of drug-likeness (QED) is 0.836. The van der Waals surface area contributed by atoms with Gasteiger partial charge in [0.1, 0.15) is 11.9 Å². The molecule has 128 valence electrons. The van der Waals surface area contributed by atoms with Crippen molar-refractivity contribution in [3.63, 3.8) is 0 Å². The summed E-state index contributed by atoms with van der Waals surface area (Å²) in [5.74, 6) is 1.10. The summed E-state index contributed by atoms with van der Waals surface area (Å²) in [6.07, 6.45) is 1.22. The van der Waals surface area contributed by atoms with E-state index in [-0.39, 0.29) is 12.0 Å². The Morgan fingerprint density at radius 3 is 3.00 bits per heavy atom. The van der Waals surface area contributed by atoms with Crippen LogP contribution in [0, 0.1) is 0 Å². The summed E-state index contributed by atoms with van der Waals surface area (Å²) in [7, 11) is 3.93. The van der Waals surface area contributed by atoms with E-state index in [0.717, 1.165) is 17.9 Å². The molecule has 0 bridgehead atoms. The van der Waals surface area contributed by atoms with E-state index in [2.05, 4.69) is 11.1 Å². The van der Waals surface area contributed by atoms with Gasteiger partial charge < -0.3 is 14.5 Å². The van der Waals surface area contributed by atoms with Crippen molar-refractivity contribution in [1.29, 1.82) is 0 Å². The lowest BCUT2D eigenvalue weighted by atomic mass is 10.1. The number of carbonyl (C=O) groups is 1. The van der Waals surface area contributed by atoms with Gasteiger partial charge in [-0.25, -0.2) is 4.98 Å². The minimum atomic E-state index is -0.149. The zero-order valence-electron chi connectivity index (χ0n) is 14.1. The first kappa shape index (κ1) is 16.9. The van der Waals surface area contributed by atoms with Gasteiger partial charge in [-0.3, -0.25) is 4.79 Å². The molecule has 0 radical (unpaired) electrons. The summed E-state index contributed by atoms with van der Waals surface area (Å²) in [5.41, 5.74) is 0.886. The third kappa shape index (κ3) is 4.13. The lowest BCUT2D eigenvalue weighted by Gasteiger charge is -2.33. The average Bonchev–Trinajstić information content (AvgIpc) is 3.13. The standard InChI is InChI=1S/C18H23N3O2S/c1-20(2)17-7-3-6-15(19-17)16-13-21(10-11-23-16)18(22)9-8-14-5-4-12-24-14/h3-7,12,16H,8-11,13H2,1-2H3. The molecule has 0 aromatic carbocycles. The second-order valence-corrected chi connectivity index (χ2v) is 7.13. The highest BCUT2D eigenvalue weighted by molar-refractivity contribution is 7.09. The Morgan fingerprint density at radius 1 is 1.38 bits per heavy atom. The fourth-order valence-corrected chi connectivity index (χ4v) is 3.47. The highest BCUT2D eigenvalue weighted by Crippen LogP contribution is 2.23. The fourth-order valence-electron chi connectivity index (χ4n) is 2.77. The SMILES string of the molecule is CN(C)c1cccc(C2CN(C(=O)CCc3cccs3)CCO2)n1. The van der Waals surface area contributed by atoms with Crippen molar-refractivity contribution in [3.8, 4) is 0 Å². The number of ether oxygens (including phenoxy) is 1. The fraction of sp³-hybridized carbons (Fsp3) is 0.444. The maximum absolute atomic E-state index is 12.5. The number of carbonyl (C=O) groups excluding carboxylic acids is 1. The Morgan fingerprint density at radius 2 is 2.25 bits per heavy atom. The van der Waals surface area contributed by atoms with Gasteiger partial charge >= 0.3 is 0 Å². The molecule has 24 heavy (non-hydrogen) atoms. The Labute approximate surface area is 146 Å². The lowest BCUT2D eigenvalue weighted by Crippen LogP contribution is -2.42. The Balaban J connectivity index is 1.61. The van der Waals surface area contributed by atoms with Crippen LogP contribution in [0.15, 0.2) is 35.7 Å². The monoisotopic (exact) mass is 345 g/mol. The van der Waals surface area contributed by atoms with Gasteiger partial charge in [-0.05, 0) is 30.0 Å². The summed E-state index contributed by atoms with van der Waals surface area (Å²) in [5, 5.41) is 2.05. The molecule has 1 unspecified atom stereocenters. The van der Waals surface area contributed by atoms with Gasteiger partial charge in [-0.2, -0.15) is 0 Å². The Hall–Kier alpha value is -1.92. The first-order valence-electron chi connectivity index (χ1n) is 8.19. The molecule has 1 fully saturated rings. The topological polar surface area (TPSA) is 45.7 Å². The van der Waals surface area contributed by atoms with Gasteiger partial charge in [0.25, 0.3) is 0 Å². The number of rotatable bonds is 5. The molecule has 1 saturated heterocycles. The summed E-state index contributed by atoms with van der Waals surface area (Å²) in [4.78, 5) is 22.3. The van der Waals surface area contributed by atoms with Crippen LogP contribution in [0.25, 0.3) is 0 Å². The number of hydrogen-bond acceptors (Lipinski definition) is 5. The van der Waals surface area contributed by atoms with E-state index in [1.165, 1.54) is 4.88 Å².